The monoisotopic (exact) mass is 180 g/mol. The lowest BCUT2D eigenvalue weighted by molar-refractivity contribution is -0.145. The first-order valence-corrected chi connectivity index (χ1v) is 4.72. The fraction of sp³-hybridized carbons (Fsp3) is 0.545. The van der Waals surface area contributed by atoms with Crippen LogP contribution in [-0.4, -0.2) is 11.1 Å². The van der Waals surface area contributed by atoms with Crippen molar-refractivity contribution in [1.29, 1.82) is 0 Å². The van der Waals surface area contributed by atoms with Gasteiger partial charge in [-0.2, -0.15) is 0 Å². The number of hydrogen-bond donors (Lipinski definition) is 1. The van der Waals surface area contributed by atoms with Crippen LogP contribution in [0.5, 0.6) is 0 Å². The molecule has 1 unspecified atom stereocenters. The minimum Gasteiger partial charge on any atom is -0.480 e. The highest BCUT2D eigenvalue weighted by molar-refractivity contribution is 5.80. The van der Waals surface area contributed by atoms with E-state index in [0.29, 0.717) is 0 Å². The van der Waals surface area contributed by atoms with Crippen LogP contribution in [0.25, 0.3) is 0 Å². The molecule has 2 nitrogen and oxygen atoms in total. The Morgan fingerprint density at radius 2 is 2.08 bits per heavy atom. The van der Waals surface area contributed by atoms with Crippen molar-refractivity contribution in [2.45, 2.75) is 26.7 Å². The van der Waals surface area contributed by atoms with E-state index in [9.17, 15) is 9.90 Å². The predicted octanol–water partition coefficient (Wildman–Crippen LogP) is 2.62. The SMILES string of the molecule is CCC(C)C1(C(=O)O)C=CCC=C1. The van der Waals surface area contributed by atoms with Gasteiger partial charge in [0.15, 0.2) is 0 Å². The van der Waals surface area contributed by atoms with Gasteiger partial charge in [-0.1, -0.05) is 44.6 Å². The fourth-order valence-corrected chi connectivity index (χ4v) is 1.68. The zero-order valence-electron chi connectivity index (χ0n) is 8.16. The van der Waals surface area contributed by atoms with E-state index in [0.717, 1.165) is 12.8 Å². The maximum absolute atomic E-state index is 11.2. The van der Waals surface area contributed by atoms with Gasteiger partial charge in [0, 0.05) is 0 Å². The van der Waals surface area contributed by atoms with Crippen molar-refractivity contribution in [2.75, 3.05) is 0 Å². The van der Waals surface area contributed by atoms with Crippen LogP contribution in [0, 0.1) is 11.3 Å². The van der Waals surface area contributed by atoms with Crippen LogP contribution in [0.4, 0.5) is 0 Å². The van der Waals surface area contributed by atoms with Crippen LogP contribution in [0.2, 0.25) is 0 Å². The molecule has 0 heterocycles. The Hall–Kier alpha value is -1.05. The molecule has 1 rings (SSSR count). The highest BCUT2D eigenvalue weighted by Gasteiger charge is 2.38. The average Bonchev–Trinajstić information content (AvgIpc) is 2.17. The molecule has 13 heavy (non-hydrogen) atoms. The van der Waals surface area contributed by atoms with Crippen LogP contribution in [0.3, 0.4) is 0 Å². The summed E-state index contributed by atoms with van der Waals surface area (Å²) in [5.74, 6) is -0.591. The summed E-state index contributed by atoms with van der Waals surface area (Å²) in [6, 6.07) is 0. The third kappa shape index (κ3) is 1.67. The lowest BCUT2D eigenvalue weighted by Gasteiger charge is -2.30. The van der Waals surface area contributed by atoms with E-state index in [1.54, 1.807) is 0 Å². The predicted molar refractivity (Wildman–Crippen MR) is 52.4 cm³/mol. The summed E-state index contributed by atoms with van der Waals surface area (Å²) in [5.41, 5.74) is -0.757. The zero-order chi connectivity index (χ0) is 9.90. The van der Waals surface area contributed by atoms with E-state index in [1.165, 1.54) is 0 Å². The van der Waals surface area contributed by atoms with Crippen LogP contribution < -0.4 is 0 Å². The Balaban J connectivity index is 3.00. The summed E-state index contributed by atoms with van der Waals surface area (Å²) in [6.45, 7) is 4.00. The average molecular weight is 180 g/mol. The molecule has 0 aromatic rings. The highest BCUT2D eigenvalue weighted by atomic mass is 16.4. The van der Waals surface area contributed by atoms with Crippen molar-refractivity contribution in [3.05, 3.63) is 24.3 Å². The van der Waals surface area contributed by atoms with Crippen LogP contribution in [0.15, 0.2) is 24.3 Å². The summed E-state index contributed by atoms with van der Waals surface area (Å²) in [6.07, 6.45) is 9.24. The van der Waals surface area contributed by atoms with Crippen molar-refractivity contribution in [3.8, 4) is 0 Å². The Bertz CT molecular complexity index is 239. The van der Waals surface area contributed by atoms with Gasteiger partial charge in [-0.3, -0.25) is 4.79 Å². The Labute approximate surface area is 79.0 Å². The lowest BCUT2D eigenvalue weighted by atomic mass is 9.73. The number of rotatable bonds is 3. The molecule has 1 N–H and O–H groups in total. The molecule has 0 radical (unpaired) electrons. The summed E-state index contributed by atoms with van der Waals surface area (Å²) in [7, 11) is 0. The van der Waals surface area contributed by atoms with Crippen LogP contribution >= 0.6 is 0 Å². The number of hydrogen-bond acceptors (Lipinski definition) is 1. The molecular formula is C11H16O2. The second-order valence-electron chi connectivity index (χ2n) is 3.59. The lowest BCUT2D eigenvalue weighted by Crippen LogP contribution is -2.34. The normalized spacial score (nSPS) is 21.4. The van der Waals surface area contributed by atoms with E-state index < -0.39 is 11.4 Å². The van der Waals surface area contributed by atoms with Gasteiger partial charge in [-0.25, -0.2) is 0 Å². The Morgan fingerprint density at radius 1 is 1.54 bits per heavy atom. The van der Waals surface area contributed by atoms with Gasteiger partial charge < -0.3 is 5.11 Å². The van der Waals surface area contributed by atoms with E-state index in [1.807, 2.05) is 38.2 Å². The van der Waals surface area contributed by atoms with Crippen molar-refractivity contribution < 1.29 is 9.90 Å². The maximum Gasteiger partial charge on any atom is 0.317 e. The van der Waals surface area contributed by atoms with Gasteiger partial charge >= 0.3 is 5.97 Å². The third-order valence-corrected chi connectivity index (χ3v) is 2.86. The van der Waals surface area contributed by atoms with Gasteiger partial charge in [0.05, 0.1) is 0 Å². The molecule has 2 heteroatoms. The zero-order valence-corrected chi connectivity index (χ0v) is 8.16. The van der Waals surface area contributed by atoms with Crippen LogP contribution in [-0.2, 0) is 4.79 Å². The molecule has 0 fully saturated rings. The highest BCUT2D eigenvalue weighted by Crippen LogP contribution is 2.36. The van der Waals surface area contributed by atoms with Gasteiger partial charge in [0.2, 0.25) is 0 Å². The van der Waals surface area contributed by atoms with Crippen molar-refractivity contribution in [3.63, 3.8) is 0 Å². The molecule has 0 aromatic heterocycles. The largest absolute Gasteiger partial charge is 0.480 e. The number of carboxylic acid groups (broad SMARTS) is 1. The van der Waals surface area contributed by atoms with E-state index in [4.69, 9.17) is 0 Å². The number of carboxylic acids is 1. The molecular weight excluding hydrogens is 164 g/mol. The van der Waals surface area contributed by atoms with Gasteiger partial charge in [-0.05, 0) is 12.3 Å². The first-order valence-electron chi connectivity index (χ1n) is 4.72. The molecule has 0 spiro atoms. The van der Waals surface area contributed by atoms with E-state index >= 15 is 0 Å². The second kappa shape index (κ2) is 3.77. The van der Waals surface area contributed by atoms with E-state index in [-0.39, 0.29) is 5.92 Å². The molecule has 1 atom stereocenters. The number of allylic oxidation sites excluding steroid dienone is 2. The Kier molecular flexibility index (Phi) is 2.91. The topological polar surface area (TPSA) is 37.3 Å². The molecule has 72 valence electrons. The van der Waals surface area contributed by atoms with Crippen LogP contribution in [0.1, 0.15) is 26.7 Å². The molecule has 0 saturated carbocycles. The quantitative estimate of drug-likeness (QED) is 0.678. The first-order chi connectivity index (χ1) is 6.13. The molecule has 0 aliphatic heterocycles. The standard InChI is InChI=1S/C11H16O2/c1-3-9(2)11(10(12)13)7-5-4-6-8-11/h5-9H,3-4H2,1-2H3,(H,12,13). The van der Waals surface area contributed by atoms with Crippen molar-refractivity contribution >= 4 is 5.97 Å². The smallest absolute Gasteiger partial charge is 0.317 e. The summed E-state index contributed by atoms with van der Waals surface area (Å²) < 4.78 is 0. The summed E-state index contributed by atoms with van der Waals surface area (Å²) in [5, 5.41) is 9.19. The number of aliphatic carboxylic acids is 1. The minimum absolute atomic E-state index is 0.151. The maximum atomic E-state index is 11.2. The summed E-state index contributed by atoms with van der Waals surface area (Å²) in [4.78, 5) is 11.2. The van der Waals surface area contributed by atoms with Gasteiger partial charge in [0.1, 0.15) is 5.41 Å². The first kappa shape index (κ1) is 10.0. The molecule has 1 aliphatic carbocycles. The van der Waals surface area contributed by atoms with Gasteiger partial charge in [-0.15, -0.1) is 0 Å². The van der Waals surface area contributed by atoms with Gasteiger partial charge in [0.25, 0.3) is 0 Å². The van der Waals surface area contributed by atoms with Crippen molar-refractivity contribution in [2.24, 2.45) is 11.3 Å². The molecule has 0 bridgehead atoms. The number of carbonyl (C=O) groups is 1. The molecule has 1 aliphatic rings. The second-order valence-corrected chi connectivity index (χ2v) is 3.59. The molecule has 0 aromatic carbocycles. The third-order valence-electron chi connectivity index (χ3n) is 2.86. The molecule has 0 amide bonds. The molecule has 0 saturated heterocycles. The summed E-state index contributed by atoms with van der Waals surface area (Å²) >= 11 is 0. The Morgan fingerprint density at radius 3 is 2.46 bits per heavy atom. The van der Waals surface area contributed by atoms with Crippen molar-refractivity contribution in [1.82, 2.24) is 0 Å². The minimum atomic E-state index is -0.757. The van der Waals surface area contributed by atoms with E-state index in [2.05, 4.69) is 0 Å². The fourth-order valence-electron chi connectivity index (χ4n) is 1.68.